The SMILES string of the molecule is CCOC(=O)c1ccc(NC(=O)CC2C(=O)N(C)C(=S)N2NC(=O)c2ccccn2)cc1. The molecule has 1 aliphatic rings. The quantitative estimate of drug-likeness (QED) is 0.474. The van der Waals surface area contributed by atoms with Gasteiger partial charge in [0.1, 0.15) is 11.7 Å². The number of benzene rings is 1. The van der Waals surface area contributed by atoms with Gasteiger partial charge in [-0.1, -0.05) is 6.07 Å². The van der Waals surface area contributed by atoms with Crippen LogP contribution in [0.2, 0.25) is 0 Å². The van der Waals surface area contributed by atoms with Gasteiger partial charge in [0.25, 0.3) is 11.8 Å². The topological polar surface area (TPSA) is 121 Å². The first-order valence-electron chi connectivity index (χ1n) is 9.71. The molecule has 2 heterocycles. The van der Waals surface area contributed by atoms with E-state index in [0.717, 1.165) is 0 Å². The summed E-state index contributed by atoms with van der Waals surface area (Å²) in [7, 11) is 1.47. The van der Waals surface area contributed by atoms with Crippen LogP contribution in [0.4, 0.5) is 5.69 Å². The van der Waals surface area contributed by atoms with Crippen molar-refractivity contribution in [3.8, 4) is 0 Å². The third kappa shape index (κ3) is 5.06. The van der Waals surface area contributed by atoms with Crippen LogP contribution in [0.25, 0.3) is 0 Å². The summed E-state index contributed by atoms with van der Waals surface area (Å²) in [6.07, 6.45) is 1.21. The third-order valence-electron chi connectivity index (χ3n) is 4.60. The molecule has 1 saturated heterocycles. The van der Waals surface area contributed by atoms with Crippen LogP contribution in [-0.2, 0) is 14.3 Å². The summed E-state index contributed by atoms with van der Waals surface area (Å²) in [6.45, 7) is 1.97. The number of nitrogens with zero attached hydrogens (tertiary/aromatic N) is 3. The molecule has 1 unspecified atom stereocenters. The van der Waals surface area contributed by atoms with Crippen LogP contribution in [0, 0.1) is 0 Å². The number of pyridine rings is 1. The minimum absolute atomic E-state index is 0.0656. The summed E-state index contributed by atoms with van der Waals surface area (Å²) in [4.78, 5) is 54.5. The van der Waals surface area contributed by atoms with Gasteiger partial charge in [0.05, 0.1) is 18.6 Å². The fourth-order valence-electron chi connectivity index (χ4n) is 2.98. The Hall–Kier alpha value is -3.86. The predicted molar refractivity (Wildman–Crippen MR) is 118 cm³/mol. The number of carbonyl (C=O) groups excluding carboxylic acids is 4. The van der Waals surface area contributed by atoms with Gasteiger partial charge < -0.3 is 10.1 Å². The lowest BCUT2D eigenvalue weighted by molar-refractivity contribution is -0.130. The molecule has 1 aromatic heterocycles. The molecule has 3 amide bonds. The van der Waals surface area contributed by atoms with Gasteiger partial charge in [-0.05, 0) is 55.5 Å². The number of esters is 1. The Kier molecular flexibility index (Phi) is 7.11. The molecular formula is C21H21N5O5S. The first-order valence-corrected chi connectivity index (χ1v) is 10.1. The second-order valence-corrected chi connectivity index (χ2v) is 7.14. The second-order valence-electron chi connectivity index (χ2n) is 6.77. The molecule has 2 N–H and O–H groups in total. The van der Waals surface area contributed by atoms with Gasteiger partial charge in [0.15, 0.2) is 5.11 Å². The lowest BCUT2D eigenvalue weighted by Gasteiger charge is -2.23. The van der Waals surface area contributed by atoms with Crippen LogP contribution in [-0.4, -0.2) is 63.4 Å². The monoisotopic (exact) mass is 455 g/mol. The Balaban J connectivity index is 1.67. The molecule has 10 nitrogen and oxygen atoms in total. The molecule has 0 radical (unpaired) electrons. The zero-order valence-corrected chi connectivity index (χ0v) is 18.2. The van der Waals surface area contributed by atoms with E-state index in [1.807, 2.05) is 0 Å². The van der Waals surface area contributed by atoms with E-state index in [9.17, 15) is 19.2 Å². The van der Waals surface area contributed by atoms with E-state index in [4.69, 9.17) is 17.0 Å². The Morgan fingerprint density at radius 2 is 1.88 bits per heavy atom. The first-order chi connectivity index (χ1) is 15.3. The van der Waals surface area contributed by atoms with Crippen LogP contribution in [0.5, 0.6) is 0 Å². The summed E-state index contributed by atoms with van der Waals surface area (Å²) in [5.41, 5.74) is 3.49. The van der Waals surface area contributed by atoms with E-state index in [1.165, 1.54) is 41.4 Å². The van der Waals surface area contributed by atoms with Crippen LogP contribution >= 0.6 is 12.2 Å². The minimum atomic E-state index is -1.01. The van der Waals surface area contributed by atoms with Crippen LogP contribution in [0.1, 0.15) is 34.2 Å². The number of ether oxygens (including phenoxy) is 1. The number of hydrogen-bond acceptors (Lipinski definition) is 7. The maximum Gasteiger partial charge on any atom is 0.338 e. The smallest absolute Gasteiger partial charge is 0.338 e. The average molecular weight is 455 g/mol. The lowest BCUT2D eigenvalue weighted by Crippen LogP contribution is -2.49. The Bertz CT molecular complexity index is 1040. The van der Waals surface area contributed by atoms with Crippen molar-refractivity contribution in [3.63, 3.8) is 0 Å². The zero-order chi connectivity index (χ0) is 23.3. The highest BCUT2D eigenvalue weighted by molar-refractivity contribution is 7.80. The van der Waals surface area contributed by atoms with Gasteiger partial charge >= 0.3 is 5.97 Å². The maximum absolute atomic E-state index is 12.6. The fraction of sp³-hybridized carbons (Fsp3) is 0.238. The molecule has 0 saturated carbocycles. The van der Waals surface area contributed by atoms with Gasteiger partial charge in [-0.3, -0.25) is 29.7 Å². The number of anilines is 1. The number of hydrogen-bond donors (Lipinski definition) is 2. The van der Waals surface area contributed by atoms with Gasteiger partial charge in [0, 0.05) is 18.9 Å². The van der Waals surface area contributed by atoms with Crippen molar-refractivity contribution in [3.05, 3.63) is 59.9 Å². The lowest BCUT2D eigenvalue weighted by atomic mass is 10.1. The average Bonchev–Trinajstić information content (AvgIpc) is 2.98. The van der Waals surface area contributed by atoms with Crippen molar-refractivity contribution in [2.24, 2.45) is 0 Å². The number of amides is 3. The van der Waals surface area contributed by atoms with Gasteiger partial charge in [-0.2, -0.15) is 0 Å². The van der Waals surface area contributed by atoms with Gasteiger partial charge in [0.2, 0.25) is 5.91 Å². The molecule has 1 aromatic carbocycles. The predicted octanol–water partition coefficient (Wildman–Crippen LogP) is 1.36. The van der Waals surface area contributed by atoms with Gasteiger partial charge in [-0.15, -0.1) is 0 Å². The number of nitrogens with one attached hydrogen (secondary N) is 2. The highest BCUT2D eigenvalue weighted by Gasteiger charge is 2.42. The molecule has 1 fully saturated rings. The zero-order valence-electron chi connectivity index (χ0n) is 17.4. The van der Waals surface area contributed by atoms with Crippen LogP contribution in [0.15, 0.2) is 48.7 Å². The van der Waals surface area contributed by atoms with E-state index in [0.29, 0.717) is 11.3 Å². The Morgan fingerprint density at radius 1 is 1.16 bits per heavy atom. The highest BCUT2D eigenvalue weighted by atomic mass is 32.1. The second kappa shape index (κ2) is 9.96. The van der Waals surface area contributed by atoms with Crippen molar-refractivity contribution >= 4 is 46.7 Å². The van der Waals surface area contributed by atoms with Crippen molar-refractivity contribution in [2.45, 2.75) is 19.4 Å². The van der Waals surface area contributed by atoms with Crippen molar-refractivity contribution < 1.29 is 23.9 Å². The fourth-order valence-corrected chi connectivity index (χ4v) is 3.25. The molecule has 3 rings (SSSR count). The molecule has 0 spiro atoms. The molecule has 166 valence electrons. The van der Waals surface area contributed by atoms with Crippen LogP contribution < -0.4 is 10.7 Å². The molecule has 0 bridgehead atoms. The van der Waals surface area contributed by atoms with Crippen molar-refractivity contribution in [1.82, 2.24) is 20.3 Å². The summed E-state index contributed by atoms with van der Waals surface area (Å²) >= 11 is 5.25. The number of hydrazine groups is 1. The Morgan fingerprint density at radius 3 is 2.50 bits per heavy atom. The standard InChI is InChI=1S/C21H21N5O5S/c1-3-31-20(30)13-7-9-14(10-8-13)23-17(27)12-16-19(29)25(2)21(32)26(16)24-18(28)15-6-4-5-11-22-15/h4-11,16H,3,12H2,1-2H3,(H,23,27)(H,24,28). The first kappa shape index (κ1) is 22.8. The largest absolute Gasteiger partial charge is 0.462 e. The van der Waals surface area contributed by atoms with Crippen molar-refractivity contribution in [2.75, 3.05) is 19.0 Å². The minimum Gasteiger partial charge on any atom is -0.462 e. The van der Waals surface area contributed by atoms with E-state index in [-0.39, 0.29) is 23.8 Å². The molecule has 32 heavy (non-hydrogen) atoms. The third-order valence-corrected chi connectivity index (χ3v) is 5.07. The number of aromatic nitrogens is 1. The summed E-state index contributed by atoms with van der Waals surface area (Å²) < 4.78 is 4.92. The summed E-state index contributed by atoms with van der Waals surface area (Å²) in [6, 6.07) is 9.98. The number of carbonyl (C=O) groups is 4. The molecule has 11 heteroatoms. The van der Waals surface area contributed by atoms with E-state index < -0.39 is 29.7 Å². The Labute approximate surface area is 189 Å². The summed E-state index contributed by atoms with van der Waals surface area (Å²) in [5.74, 6) is -1.92. The maximum atomic E-state index is 12.6. The van der Waals surface area contributed by atoms with Crippen molar-refractivity contribution in [1.29, 1.82) is 0 Å². The molecule has 2 aromatic rings. The van der Waals surface area contributed by atoms with E-state index in [1.54, 1.807) is 31.2 Å². The molecule has 1 aliphatic heterocycles. The highest BCUT2D eigenvalue weighted by Crippen LogP contribution is 2.19. The molecular weight excluding hydrogens is 434 g/mol. The number of likely N-dealkylation sites (N-methyl/N-ethyl adjacent to an activating group) is 1. The normalized spacial score (nSPS) is 15.5. The number of thiocarbonyl (C=S) groups is 1. The van der Waals surface area contributed by atoms with Crippen LogP contribution in [0.3, 0.4) is 0 Å². The summed E-state index contributed by atoms with van der Waals surface area (Å²) in [5, 5.41) is 3.92. The molecule has 0 aliphatic carbocycles. The molecule has 1 atom stereocenters. The number of rotatable bonds is 7. The van der Waals surface area contributed by atoms with Gasteiger partial charge in [-0.25, -0.2) is 9.80 Å². The van der Waals surface area contributed by atoms with E-state index >= 15 is 0 Å². The van der Waals surface area contributed by atoms with E-state index in [2.05, 4.69) is 15.7 Å².